The second-order valence-corrected chi connectivity index (χ2v) is 5.96. The molecule has 5 nitrogen and oxygen atoms in total. The van der Waals surface area contributed by atoms with Crippen LogP contribution in [-0.4, -0.2) is 35.8 Å². The minimum Gasteiger partial charge on any atom is -0.366 e. The number of carbonyl (C=O) groups is 2. The van der Waals surface area contributed by atoms with Crippen LogP contribution in [0, 0.1) is 0 Å². The van der Waals surface area contributed by atoms with Gasteiger partial charge < -0.3 is 11.1 Å². The highest BCUT2D eigenvalue weighted by Gasteiger charge is 2.21. The minimum atomic E-state index is -0.473. The van der Waals surface area contributed by atoms with Crippen LogP contribution in [0.15, 0.2) is 36.9 Å². The Hall–Kier alpha value is -2.14. The lowest BCUT2D eigenvalue weighted by atomic mass is 10.2. The standard InChI is InChI=1S/C18H25N3O2/c1-2-12-21(16-5-3-4-6-16)13-11-17(22)20-15-9-7-14(8-10-15)18(19)23/h2,7-10,16H,1,3-6,11-13H2,(H2,19,23)(H,20,22). The Labute approximate surface area is 137 Å². The number of amides is 2. The first-order valence-corrected chi connectivity index (χ1v) is 8.15. The molecular weight excluding hydrogens is 290 g/mol. The molecule has 23 heavy (non-hydrogen) atoms. The number of carbonyl (C=O) groups excluding carboxylic acids is 2. The molecule has 0 bridgehead atoms. The van der Waals surface area contributed by atoms with Crippen molar-refractivity contribution in [3.63, 3.8) is 0 Å². The molecule has 0 heterocycles. The third kappa shape index (κ3) is 5.21. The summed E-state index contributed by atoms with van der Waals surface area (Å²) in [4.78, 5) is 25.5. The summed E-state index contributed by atoms with van der Waals surface area (Å²) >= 11 is 0. The van der Waals surface area contributed by atoms with E-state index < -0.39 is 5.91 Å². The van der Waals surface area contributed by atoms with Gasteiger partial charge in [-0.1, -0.05) is 18.9 Å². The van der Waals surface area contributed by atoms with E-state index >= 15 is 0 Å². The maximum Gasteiger partial charge on any atom is 0.248 e. The molecule has 0 aliphatic heterocycles. The first-order valence-electron chi connectivity index (χ1n) is 8.15. The number of benzene rings is 1. The van der Waals surface area contributed by atoms with Crippen LogP contribution in [0.25, 0.3) is 0 Å². The third-order valence-corrected chi connectivity index (χ3v) is 4.28. The van der Waals surface area contributed by atoms with Gasteiger partial charge in [0, 0.05) is 36.8 Å². The zero-order valence-corrected chi connectivity index (χ0v) is 13.5. The molecule has 1 aliphatic rings. The molecule has 2 rings (SSSR count). The third-order valence-electron chi connectivity index (χ3n) is 4.28. The van der Waals surface area contributed by atoms with Gasteiger partial charge in [-0.05, 0) is 37.1 Å². The summed E-state index contributed by atoms with van der Waals surface area (Å²) in [6.45, 7) is 5.37. The van der Waals surface area contributed by atoms with Gasteiger partial charge in [0.05, 0.1) is 0 Å². The largest absolute Gasteiger partial charge is 0.366 e. The number of hydrogen-bond acceptors (Lipinski definition) is 3. The number of hydrogen-bond donors (Lipinski definition) is 2. The highest BCUT2D eigenvalue weighted by atomic mass is 16.2. The highest BCUT2D eigenvalue weighted by Crippen LogP contribution is 2.23. The fourth-order valence-electron chi connectivity index (χ4n) is 3.04. The van der Waals surface area contributed by atoms with E-state index in [-0.39, 0.29) is 5.91 Å². The molecule has 1 saturated carbocycles. The van der Waals surface area contributed by atoms with Crippen LogP contribution in [0.3, 0.4) is 0 Å². The quantitative estimate of drug-likeness (QED) is 0.724. The van der Waals surface area contributed by atoms with Crippen LogP contribution in [0.2, 0.25) is 0 Å². The maximum atomic E-state index is 12.1. The molecule has 3 N–H and O–H groups in total. The molecule has 124 valence electrons. The van der Waals surface area contributed by atoms with E-state index in [0.29, 0.717) is 23.7 Å². The van der Waals surface area contributed by atoms with Gasteiger partial charge >= 0.3 is 0 Å². The Bertz CT molecular complexity index is 548. The Morgan fingerprint density at radius 1 is 1.26 bits per heavy atom. The normalized spacial score (nSPS) is 14.8. The summed E-state index contributed by atoms with van der Waals surface area (Å²) in [5.41, 5.74) is 6.30. The minimum absolute atomic E-state index is 0.0242. The van der Waals surface area contributed by atoms with Crippen molar-refractivity contribution in [3.8, 4) is 0 Å². The molecule has 1 aromatic carbocycles. The first-order chi connectivity index (χ1) is 11.1. The maximum absolute atomic E-state index is 12.1. The predicted octanol–water partition coefficient (Wildman–Crippen LogP) is 2.54. The summed E-state index contributed by atoms with van der Waals surface area (Å²) in [6, 6.07) is 7.18. The second-order valence-electron chi connectivity index (χ2n) is 5.96. The monoisotopic (exact) mass is 315 g/mol. The van der Waals surface area contributed by atoms with Gasteiger partial charge in [-0.15, -0.1) is 6.58 Å². The summed E-state index contributed by atoms with van der Waals surface area (Å²) in [5.74, 6) is -0.497. The van der Waals surface area contributed by atoms with E-state index in [2.05, 4.69) is 16.8 Å². The van der Waals surface area contributed by atoms with Gasteiger partial charge in [0.15, 0.2) is 0 Å². The van der Waals surface area contributed by atoms with Crippen molar-refractivity contribution in [1.29, 1.82) is 0 Å². The van der Waals surface area contributed by atoms with Crippen LogP contribution in [0.4, 0.5) is 5.69 Å². The van der Waals surface area contributed by atoms with Crippen molar-refractivity contribution in [2.24, 2.45) is 5.73 Å². The average Bonchev–Trinajstić information content (AvgIpc) is 3.06. The fourth-order valence-corrected chi connectivity index (χ4v) is 3.04. The summed E-state index contributed by atoms with van der Waals surface area (Å²) in [7, 11) is 0. The first kappa shape index (κ1) is 17.2. The van der Waals surface area contributed by atoms with Crippen molar-refractivity contribution >= 4 is 17.5 Å². The molecule has 1 fully saturated rings. The summed E-state index contributed by atoms with van der Waals surface area (Å²) in [5, 5.41) is 2.85. The van der Waals surface area contributed by atoms with E-state index in [1.807, 2.05) is 6.08 Å². The zero-order chi connectivity index (χ0) is 16.7. The number of anilines is 1. The van der Waals surface area contributed by atoms with Gasteiger partial charge in [-0.3, -0.25) is 14.5 Å². The van der Waals surface area contributed by atoms with Gasteiger partial charge in [-0.25, -0.2) is 0 Å². The molecule has 0 unspecified atom stereocenters. The molecule has 0 spiro atoms. The van der Waals surface area contributed by atoms with Crippen molar-refractivity contribution in [2.45, 2.75) is 38.1 Å². The van der Waals surface area contributed by atoms with Crippen LogP contribution in [0.1, 0.15) is 42.5 Å². The molecule has 0 atom stereocenters. The van der Waals surface area contributed by atoms with E-state index in [0.717, 1.165) is 13.1 Å². The van der Waals surface area contributed by atoms with Crippen molar-refractivity contribution < 1.29 is 9.59 Å². The van der Waals surface area contributed by atoms with E-state index in [1.54, 1.807) is 24.3 Å². The van der Waals surface area contributed by atoms with Crippen LogP contribution in [-0.2, 0) is 4.79 Å². The van der Waals surface area contributed by atoms with Gasteiger partial charge in [0.2, 0.25) is 11.8 Å². The predicted molar refractivity (Wildman–Crippen MR) is 92.2 cm³/mol. The molecule has 5 heteroatoms. The van der Waals surface area contributed by atoms with Gasteiger partial charge in [0.25, 0.3) is 0 Å². The van der Waals surface area contributed by atoms with Crippen LogP contribution < -0.4 is 11.1 Å². The Morgan fingerprint density at radius 2 is 1.91 bits per heavy atom. The van der Waals surface area contributed by atoms with Crippen molar-refractivity contribution in [1.82, 2.24) is 4.90 Å². The lowest BCUT2D eigenvalue weighted by molar-refractivity contribution is -0.116. The summed E-state index contributed by atoms with van der Waals surface area (Å²) in [6.07, 6.45) is 7.32. The lowest BCUT2D eigenvalue weighted by Gasteiger charge is -2.27. The molecule has 0 saturated heterocycles. The number of nitrogens with two attached hydrogens (primary N) is 1. The molecule has 0 aromatic heterocycles. The topological polar surface area (TPSA) is 75.4 Å². The highest BCUT2D eigenvalue weighted by molar-refractivity contribution is 5.94. The van der Waals surface area contributed by atoms with Crippen LogP contribution >= 0.6 is 0 Å². The van der Waals surface area contributed by atoms with Gasteiger partial charge in [0.1, 0.15) is 0 Å². The smallest absolute Gasteiger partial charge is 0.248 e. The van der Waals surface area contributed by atoms with E-state index in [4.69, 9.17) is 5.73 Å². The Morgan fingerprint density at radius 3 is 2.48 bits per heavy atom. The number of nitrogens with one attached hydrogen (secondary N) is 1. The fraction of sp³-hybridized carbons (Fsp3) is 0.444. The number of nitrogens with zero attached hydrogens (tertiary/aromatic N) is 1. The SMILES string of the molecule is C=CCN(CCC(=O)Nc1ccc(C(N)=O)cc1)C1CCCC1. The zero-order valence-electron chi connectivity index (χ0n) is 13.5. The molecular formula is C18H25N3O2. The number of primary amides is 1. The second kappa shape index (κ2) is 8.48. The molecule has 1 aliphatic carbocycles. The van der Waals surface area contributed by atoms with E-state index in [1.165, 1.54) is 25.7 Å². The van der Waals surface area contributed by atoms with Crippen molar-refractivity contribution in [2.75, 3.05) is 18.4 Å². The van der Waals surface area contributed by atoms with E-state index in [9.17, 15) is 9.59 Å². The Balaban J connectivity index is 1.83. The van der Waals surface area contributed by atoms with Crippen LogP contribution in [0.5, 0.6) is 0 Å². The Kier molecular flexibility index (Phi) is 6.35. The lowest BCUT2D eigenvalue weighted by Crippen LogP contribution is -2.35. The number of rotatable bonds is 8. The molecule has 1 aromatic rings. The average molecular weight is 315 g/mol. The van der Waals surface area contributed by atoms with Gasteiger partial charge in [-0.2, -0.15) is 0 Å². The summed E-state index contributed by atoms with van der Waals surface area (Å²) < 4.78 is 0. The van der Waals surface area contributed by atoms with Crippen molar-refractivity contribution in [3.05, 3.63) is 42.5 Å². The molecule has 2 amide bonds. The molecule has 0 radical (unpaired) electrons.